The molecule has 9 heteroatoms. The lowest BCUT2D eigenvalue weighted by molar-refractivity contribution is -0.123. The van der Waals surface area contributed by atoms with Crippen molar-refractivity contribution in [1.29, 1.82) is 0 Å². The number of rotatable bonds is 7. The number of aromatic nitrogens is 2. The Morgan fingerprint density at radius 1 is 1.31 bits per heavy atom. The smallest absolute Gasteiger partial charge is 0.277 e. The normalized spacial score (nSPS) is 10.9. The van der Waals surface area contributed by atoms with E-state index >= 15 is 0 Å². The maximum atomic E-state index is 12.0. The van der Waals surface area contributed by atoms with Gasteiger partial charge >= 0.3 is 0 Å². The second-order valence-electron chi connectivity index (χ2n) is 5.92. The second-order valence-corrected chi connectivity index (χ2v) is 7.44. The number of hydrogen-bond donors (Lipinski definition) is 1. The average molecular weight is 525 g/mol. The van der Waals surface area contributed by atoms with E-state index in [-0.39, 0.29) is 6.61 Å². The summed E-state index contributed by atoms with van der Waals surface area (Å²) in [6, 6.07) is 14.9. The first-order valence-electron chi connectivity index (χ1n) is 8.58. The molecule has 1 heterocycles. The number of methoxy groups -OCH3 is 1. The fraction of sp³-hybridized carbons (Fsp3) is 0.150. The van der Waals surface area contributed by atoms with Gasteiger partial charge < -0.3 is 9.47 Å². The summed E-state index contributed by atoms with van der Waals surface area (Å²) in [7, 11) is 1.59. The summed E-state index contributed by atoms with van der Waals surface area (Å²) < 4.78 is 13.1. The monoisotopic (exact) mass is 524 g/mol. The minimum Gasteiger partial charge on any atom is -0.497 e. The van der Waals surface area contributed by atoms with Gasteiger partial charge in [0, 0.05) is 0 Å². The molecule has 0 aliphatic rings. The van der Waals surface area contributed by atoms with E-state index in [1.54, 1.807) is 23.9 Å². The molecule has 0 aliphatic heterocycles. The standard InChI is InChI=1S/C20H18ClIN4O3/c1-13-16(20(21)26(25-13)14-6-4-3-5-7-14)11-23-24-19(27)12-29-18-9-8-15(28-2)10-17(18)22/h3-11H,12H2,1-2H3,(H,24,27). The fourth-order valence-electron chi connectivity index (χ4n) is 2.47. The Balaban J connectivity index is 1.60. The van der Waals surface area contributed by atoms with Crippen LogP contribution in [0.25, 0.3) is 5.69 Å². The molecule has 0 spiro atoms. The first-order valence-corrected chi connectivity index (χ1v) is 10.0. The van der Waals surface area contributed by atoms with Crippen LogP contribution in [0, 0.1) is 10.5 Å². The quantitative estimate of drug-likeness (QED) is 0.288. The van der Waals surface area contributed by atoms with Crippen molar-refractivity contribution in [3.05, 3.63) is 68.5 Å². The van der Waals surface area contributed by atoms with Crippen molar-refractivity contribution in [2.45, 2.75) is 6.92 Å². The number of hydrazone groups is 1. The van der Waals surface area contributed by atoms with Crippen molar-refractivity contribution < 1.29 is 14.3 Å². The molecule has 29 heavy (non-hydrogen) atoms. The van der Waals surface area contributed by atoms with E-state index in [2.05, 4.69) is 38.2 Å². The molecule has 1 aromatic heterocycles. The summed E-state index contributed by atoms with van der Waals surface area (Å²) in [5, 5.41) is 8.80. The minimum atomic E-state index is -0.392. The molecular weight excluding hydrogens is 507 g/mol. The van der Waals surface area contributed by atoms with E-state index in [4.69, 9.17) is 21.1 Å². The molecule has 7 nitrogen and oxygen atoms in total. The van der Waals surface area contributed by atoms with Crippen LogP contribution in [0.15, 0.2) is 53.6 Å². The number of nitrogens with zero attached hydrogens (tertiary/aromatic N) is 3. The van der Waals surface area contributed by atoms with Crippen LogP contribution in [0.1, 0.15) is 11.3 Å². The largest absolute Gasteiger partial charge is 0.497 e. The van der Waals surface area contributed by atoms with Crippen LogP contribution in [-0.4, -0.2) is 35.6 Å². The summed E-state index contributed by atoms with van der Waals surface area (Å²) >= 11 is 8.54. The van der Waals surface area contributed by atoms with Gasteiger partial charge in [0.25, 0.3) is 5.91 Å². The molecule has 1 N–H and O–H groups in total. The summed E-state index contributed by atoms with van der Waals surface area (Å²) in [5.41, 5.74) is 4.59. The Labute approximate surface area is 186 Å². The van der Waals surface area contributed by atoms with Crippen molar-refractivity contribution in [3.63, 3.8) is 0 Å². The molecule has 150 valence electrons. The number of carbonyl (C=O) groups is 1. The van der Waals surface area contributed by atoms with Gasteiger partial charge in [0.2, 0.25) is 0 Å². The Morgan fingerprint density at radius 2 is 2.07 bits per heavy atom. The van der Waals surface area contributed by atoms with Gasteiger partial charge in [-0.3, -0.25) is 4.79 Å². The summed E-state index contributed by atoms with van der Waals surface area (Å²) in [6.07, 6.45) is 1.47. The van der Waals surface area contributed by atoms with Crippen molar-refractivity contribution in [2.24, 2.45) is 5.10 Å². The van der Waals surface area contributed by atoms with E-state index in [0.717, 1.165) is 15.0 Å². The Hall–Kier alpha value is -2.59. The van der Waals surface area contributed by atoms with Gasteiger partial charge in [0.15, 0.2) is 6.61 Å². The highest BCUT2D eigenvalue weighted by Crippen LogP contribution is 2.25. The third kappa shape index (κ3) is 5.27. The number of para-hydroxylation sites is 1. The van der Waals surface area contributed by atoms with Crippen LogP contribution < -0.4 is 14.9 Å². The Morgan fingerprint density at radius 3 is 2.76 bits per heavy atom. The highest BCUT2D eigenvalue weighted by atomic mass is 127. The van der Waals surface area contributed by atoms with Crippen LogP contribution >= 0.6 is 34.2 Å². The summed E-state index contributed by atoms with van der Waals surface area (Å²) in [6.45, 7) is 1.65. The number of carbonyl (C=O) groups excluding carboxylic acids is 1. The molecule has 0 unspecified atom stereocenters. The van der Waals surface area contributed by atoms with Gasteiger partial charge in [-0.05, 0) is 59.8 Å². The zero-order valence-electron chi connectivity index (χ0n) is 15.7. The van der Waals surface area contributed by atoms with Gasteiger partial charge in [-0.2, -0.15) is 10.2 Å². The summed E-state index contributed by atoms with van der Waals surface area (Å²) in [4.78, 5) is 12.0. The van der Waals surface area contributed by atoms with Crippen molar-refractivity contribution in [2.75, 3.05) is 13.7 Å². The van der Waals surface area contributed by atoms with Crippen molar-refractivity contribution >= 4 is 46.3 Å². The van der Waals surface area contributed by atoms with Crippen molar-refractivity contribution in [1.82, 2.24) is 15.2 Å². The molecule has 2 aromatic carbocycles. The number of benzene rings is 2. The zero-order valence-corrected chi connectivity index (χ0v) is 18.6. The van der Waals surface area contributed by atoms with Crippen molar-refractivity contribution in [3.8, 4) is 17.2 Å². The van der Waals surface area contributed by atoms with Crippen LogP contribution in [0.2, 0.25) is 5.15 Å². The zero-order chi connectivity index (χ0) is 20.8. The number of hydrogen-bond acceptors (Lipinski definition) is 5. The van der Waals surface area contributed by atoms with Gasteiger partial charge in [-0.1, -0.05) is 29.8 Å². The molecule has 0 saturated heterocycles. The molecule has 0 saturated carbocycles. The molecule has 0 aliphatic carbocycles. The number of ether oxygens (including phenoxy) is 2. The predicted octanol–water partition coefficient (Wildman–Crippen LogP) is 3.98. The maximum absolute atomic E-state index is 12.0. The van der Waals surface area contributed by atoms with E-state index in [0.29, 0.717) is 22.2 Å². The third-order valence-electron chi connectivity index (χ3n) is 3.93. The lowest BCUT2D eigenvalue weighted by atomic mass is 10.3. The molecular formula is C20H18ClIN4O3. The van der Waals surface area contributed by atoms with E-state index in [9.17, 15) is 4.79 Å². The van der Waals surface area contributed by atoms with Crippen LogP contribution in [0.3, 0.4) is 0 Å². The van der Waals surface area contributed by atoms with Gasteiger partial charge in [0.1, 0.15) is 16.7 Å². The van der Waals surface area contributed by atoms with Gasteiger partial charge in [-0.15, -0.1) is 0 Å². The molecule has 1 amide bonds. The minimum absolute atomic E-state index is 0.171. The van der Waals surface area contributed by atoms with Crippen LogP contribution in [-0.2, 0) is 4.79 Å². The van der Waals surface area contributed by atoms with Crippen LogP contribution in [0.4, 0.5) is 0 Å². The Kier molecular flexibility index (Phi) is 7.10. The third-order valence-corrected chi connectivity index (χ3v) is 5.14. The molecule has 0 bridgehead atoms. The summed E-state index contributed by atoms with van der Waals surface area (Å²) in [5.74, 6) is 0.921. The second kappa shape index (κ2) is 9.75. The lowest BCUT2D eigenvalue weighted by Crippen LogP contribution is -2.24. The molecule has 3 rings (SSSR count). The molecule has 0 radical (unpaired) electrons. The molecule has 0 atom stereocenters. The topological polar surface area (TPSA) is 77.7 Å². The van der Waals surface area contributed by atoms with E-state index in [1.807, 2.05) is 43.3 Å². The highest BCUT2D eigenvalue weighted by molar-refractivity contribution is 14.1. The number of halogens is 2. The first kappa shape index (κ1) is 21.1. The highest BCUT2D eigenvalue weighted by Gasteiger charge is 2.13. The number of amides is 1. The molecule has 0 fully saturated rings. The van der Waals surface area contributed by atoms with Gasteiger partial charge in [0.05, 0.1) is 33.8 Å². The molecule has 3 aromatic rings. The van der Waals surface area contributed by atoms with Crippen LogP contribution in [0.5, 0.6) is 11.5 Å². The van der Waals surface area contributed by atoms with E-state index < -0.39 is 5.91 Å². The number of aryl methyl sites for hydroxylation is 1. The maximum Gasteiger partial charge on any atom is 0.277 e. The Bertz CT molecular complexity index is 1040. The first-order chi connectivity index (χ1) is 14.0. The SMILES string of the molecule is COc1ccc(OCC(=O)NN=Cc2c(C)nn(-c3ccccc3)c2Cl)c(I)c1. The average Bonchev–Trinajstić information content (AvgIpc) is 3.01. The fourth-order valence-corrected chi connectivity index (χ4v) is 3.43. The number of nitrogens with one attached hydrogen (secondary N) is 1. The lowest BCUT2D eigenvalue weighted by Gasteiger charge is -2.08. The predicted molar refractivity (Wildman–Crippen MR) is 120 cm³/mol. The van der Waals surface area contributed by atoms with E-state index in [1.165, 1.54) is 6.21 Å². The van der Waals surface area contributed by atoms with Gasteiger partial charge in [-0.25, -0.2) is 10.1 Å².